The monoisotopic (exact) mass is 542 g/mol. The Kier molecular flexibility index (Phi) is 8.58. The molecule has 2 aliphatic heterocycles. The van der Waals surface area contributed by atoms with E-state index in [0.717, 1.165) is 25.9 Å². The normalized spacial score (nSPS) is 18.6. The van der Waals surface area contributed by atoms with Crippen LogP contribution in [0.25, 0.3) is 0 Å². The third kappa shape index (κ3) is 6.52. The highest BCUT2D eigenvalue weighted by molar-refractivity contribution is 7.90. The molecule has 0 radical (unpaired) electrons. The van der Waals surface area contributed by atoms with Gasteiger partial charge < -0.3 is 23.4 Å². The second-order valence-corrected chi connectivity index (χ2v) is 11.6. The molecule has 1 aromatic carbocycles. The minimum atomic E-state index is -3.74. The number of morpholine rings is 1. The summed E-state index contributed by atoms with van der Waals surface area (Å²) in [5.41, 5.74) is 1.34. The van der Waals surface area contributed by atoms with E-state index in [9.17, 15) is 13.2 Å². The van der Waals surface area contributed by atoms with Crippen molar-refractivity contribution in [3.8, 4) is 0 Å². The summed E-state index contributed by atoms with van der Waals surface area (Å²) in [5.74, 6) is -0.155. The van der Waals surface area contributed by atoms with E-state index in [1.54, 1.807) is 39.9 Å². The number of carbonyl (C=O) groups is 1. The van der Waals surface area contributed by atoms with Crippen molar-refractivity contribution in [3.05, 3.63) is 71.9 Å². The largest absolute Gasteiger partial charge is 0.459 e. The van der Waals surface area contributed by atoms with Gasteiger partial charge in [0.15, 0.2) is 5.76 Å². The molecule has 3 aromatic rings. The lowest BCUT2D eigenvalue weighted by Gasteiger charge is -2.30. The Morgan fingerprint density at radius 2 is 1.89 bits per heavy atom. The van der Waals surface area contributed by atoms with Gasteiger partial charge in [0, 0.05) is 32.8 Å². The third-order valence-corrected chi connectivity index (χ3v) is 8.55. The van der Waals surface area contributed by atoms with Gasteiger partial charge in [0.2, 0.25) is 15.0 Å². The predicted octanol–water partition coefficient (Wildman–Crippen LogP) is 2.60. The maximum absolute atomic E-state index is 13.5. The topological polar surface area (TPSA) is 107 Å². The molecule has 10 nitrogen and oxygen atoms in total. The predicted molar refractivity (Wildman–Crippen MR) is 139 cm³/mol. The number of furan rings is 1. The summed E-state index contributed by atoms with van der Waals surface area (Å²) in [6.07, 6.45) is 4.73. The minimum Gasteiger partial charge on any atom is -0.459 e. The summed E-state index contributed by atoms with van der Waals surface area (Å²) >= 11 is 0. The molecule has 0 N–H and O–H groups in total. The molecule has 38 heavy (non-hydrogen) atoms. The number of hydrogen-bond donors (Lipinski definition) is 0. The lowest BCUT2D eigenvalue weighted by molar-refractivity contribution is 0.0314. The van der Waals surface area contributed by atoms with E-state index in [2.05, 4.69) is 9.88 Å². The number of benzene rings is 1. The molecule has 0 aliphatic carbocycles. The Morgan fingerprint density at radius 1 is 1.08 bits per heavy atom. The fourth-order valence-corrected chi connectivity index (χ4v) is 6.40. The van der Waals surface area contributed by atoms with Gasteiger partial charge in [0.05, 0.1) is 56.3 Å². The van der Waals surface area contributed by atoms with Crippen LogP contribution in [0.4, 0.5) is 0 Å². The fraction of sp³-hybridized carbons (Fsp3) is 0.481. The molecule has 0 spiro atoms. The van der Waals surface area contributed by atoms with Crippen molar-refractivity contribution in [2.45, 2.75) is 42.9 Å². The van der Waals surface area contributed by atoms with Crippen LogP contribution in [0.5, 0.6) is 0 Å². The van der Waals surface area contributed by atoms with Gasteiger partial charge >= 0.3 is 0 Å². The number of amides is 1. The summed E-state index contributed by atoms with van der Waals surface area (Å²) in [7, 11) is -3.74. The number of imidazole rings is 1. The molecule has 204 valence electrons. The van der Waals surface area contributed by atoms with E-state index < -0.39 is 9.84 Å². The van der Waals surface area contributed by atoms with Crippen molar-refractivity contribution in [2.75, 3.05) is 46.0 Å². The molecule has 4 heterocycles. The SMILES string of the molecule is O=C(c1ccco1)N(CCN1CCOCC1)Cc1cnc(S(=O)(=O)Cc2ccccc2)n1CC1CCCO1. The second kappa shape index (κ2) is 12.2. The van der Waals surface area contributed by atoms with Crippen molar-refractivity contribution < 1.29 is 27.1 Å². The molecule has 5 rings (SSSR count). The van der Waals surface area contributed by atoms with Gasteiger partial charge in [0.25, 0.3) is 5.91 Å². The van der Waals surface area contributed by atoms with Gasteiger partial charge in [-0.1, -0.05) is 30.3 Å². The van der Waals surface area contributed by atoms with Gasteiger partial charge in [-0.3, -0.25) is 9.69 Å². The van der Waals surface area contributed by atoms with Crippen molar-refractivity contribution in [2.24, 2.45) is 0 Å². The Bertz CT molecular complexity index is 1280. The zero-order valence-corrected chi connectivity index (χ0v) is 22.2. The zero-order chi connectivity index (χ0) is 26.4. The van der Waals surface area contributed by atoms with Crippen LogP contribution in [0.1, 0.15) is 34.7 Å². The van der Waals surface area contributed by atoms with Gasteiger partial charge in [-0.2, -0.15) is 0 Å². The summed E-state index contributed by atoms with van der Waals surface area (Å²) < 4.78 is 45.4. The van der Waals surface area contributed by atoms with E-state index in [4.69, 9.17) is 13.9 Å². The average molecular weight is 543 g/mol. The van der Waals surface area contributed by atoms with Crippen LogP contribution in [0, 0.1) is 0 Å². The lowest BCUT2D eigenvalue weighted by atomic mass is 10.2. The molecule has 1 atom stereocenters. The fourth-order valence-electron chi connectivity index (χ4n) is 4.90. The highest BCUT2D eigenvalue weighted by atomic mass is 32.2. The van der Waals surface area contributed by atoms with E-state index in [-0.39, 0.29) is 35.2 Å². The van der Waals surface area contributed by atoms with Crippen LogP contribution in [0.3, 0.4) is 0 Å². The average Bonchev–Trinajstić information content (AvgIpc) is 3.71. The molecule has 11 heteroatoms. The van der Waals surface area contributed by atoms with Crippen molar-refractivity contribution in [1.29, 1.82) is 0 Å². The van der Waals surface area contributed by atoms with Crippen LogP contribution in [0.15, 0.2) is 64.5 Å². The van der Waals surface area contributed by atoms with Gasteiger partial charge in [-0.15, -0.1) is 0 Å². The molecule has 1 unspecified atom stereocenters. The number of aromatic nitrogens is 2. The standard InChI is InChI=1S/C27H34N4O6S/c32-26(25-9-5-15-37-25)30(11-10-29-12-16-35-17-13-29)19-23-18-28-27(31(23)20-24-8-4-14-36-24)38(33,34)21-22-6-2-1-3-7-22/h1-3,5-7,9,15,18,24H,4,8,10-14,16-17,19-21H2. The summed E-state index contributed by atoms with van der Waals surface area (Å²) in [4.78, 5) is 21.7. The van der Waals surface area contributed by atoms with Crippen LogP contribution in [0.2, 0.25) is 0 Å². The van der Waals surface area contributed by atoms with Crippen LogP contribution in [-0.2, 0) is 38.2 Å². The van der Waals surface area contributed by atoms with Gasteiger partial charge in [-0.05, 0) is 30.5 Å². The van der Waals surface area contributed by atoms with Crippen LogP contribution < -0.4 is 0 Å². The molecule has 0 bridgehead atoms. The third-order valence-electron chi connectivity index (χ3n) is 6.95. The van der Waals surface area contributed by atoms with Crippen molar-refractivity contribution >= 4 is 15.7 Å². The van der Waals surface area contributed by atoms with Crippen molar-refractivity contribution in [1.82, 2.24) is 19.4 Å². The first-order chi connectivity index (χ1) is 18.5. The van der Waals surface area contributed by atoms with Crippen LogP contribution in [-0.4, -0.2) is 85.8 Å². The van der Waals surface area contributed by atoms with E-state index >= 15 is 0 Å². The van der Waals surface area contributed by atoms with E-state index in [0.29, 0.717) is 50.7 Å². The Labute approximate surface area is 223 Å². The van der Waals surface area contributed by atoms with Crippen LogP contribution >= 0.6 is 0 Å². The molecule has 2 saturated heterocycles. The number of nitrogens with zero attached hydrogens (tertiary/aromatic N) is 4. The number of carbonyl (C=O) groups excluding carboxylic acids is 1. The van der Waals surface area contributed by atoms with E-state index in [1.165, 1.54) is 6.26 Å². The molecular formula is C27H34N4O6S. The molecular weight excluding hydrogens is 508 g/mol. The Hall–Kier alpha value is -2.99. The van der Waals surface area contributed by atoms with Crippen molar-refractivity contribution in [3.63, 3.8) is 0 Å². The van der Waals surface area contributed by atoms with Gasteiger partial charge in [0.1, 0.15) is 0 Å². The maximum Gasteiger partial charge on any atom is 0.289 e. The number of rotatable bonds is 11. The molecule has 0 saturated carbocycles. The first-order valence-electron chi connectivity index (χ1n) is 13.1. The summed E-state index contributed by atoms with van der Waals surface area (Å²) in [6.45, 7) is 5.31. The zero-order valence-electron chi connectivity index (χ0n) is 21.4. The lowest BCUT2D eigenvalue weighted by Crippen LogP contribution is -2.43. The van der Waals surface area contributed by atoms with E-state index in [1.807, 2.05) is 18.2 Å². The molecule has 2 fully saturated rings. The van der Waals surface area contributed by atoms with Gasteiger partial charge in [-0.25, -0.2) is 13.4 Å². The smallest absolute Gasteiger partial charge is 0.289 e. The molecule has 1 amide bonds. The number of ether oxygens (including phenoxy) is 2. The molecule has 2 aliphatic rings. The highest BCUT2D eigenvalue weighted by Gasteiger charge is 2.29. The number of sulfone groups is 1. The second-order valence-electron chi connectivity index (χ2n) is 9.68. The maximum atomic E-state index is 13.5. The summed E-state index contributed by atoms with van der Waals surface area (Å²) in [5, 5.41) is 0.00503. The quantitative estimate of drug-likeness (QED) is 0.364. The number of hydrogen-bond acceptors (Lipinski definition) is 8. The summed E-state index contributed by atoms with van der Waals surface area (Å²) in [6, 6.07) is 12.4. The first-order valence-corrected chi connectivity index (χ1v) is 14.7. The Balaban J connectivity index is 1.42. The highest BCUT2D eigenvalue weighted by Crippen LogP contribution is 2.23. The minimum absolute atomic E-state index is 0.00503. The first kappa shape index (κ1) is 26.6. The Morgan fingerprint density at radius 3 is 2.61 bits per heavy atom. The molecule has 2 aromatic heterocycles.